The van der Waals surface area contributed by atoms with Crippen molar-refractivity contribution in [2.45, 2.75) is 30.8 Å². The van der Waals surface area contributed by atoms with E-state index in [0.717, 1.165) is 22.3 Å². The number of hydrogen-bond donors (Lipinski definition) is 3. The van der Waals surface area contributed by atoms with E-state index < -0.39 is 17.9 Å². The van der Waals surface area contributed by atoms with E-state index in [-0.39, 0.29) is 25.5 Å². The summed E-state index contributed by atoms with van der Waals surface area (Å²) < 4.78 is 22.9. The van der Waals surface area contributed by atoms with Crippen LogP contribution in [0.15, 0.2) is 120 Å². The molecule has 0 saturated heterocycles. The molecule has 1 aliphatic heterocycles. The van der Waals surface area contributed by atoms with Crippen molar-refractivity contribution >= 4 is 17.9 Å². The Morgan fingerprint density at radius 3 is 2.19 bits per heavy atom. The van der Waals surface area contributed by atoms with Crippen molar-refractivity contribution in [1.82, 2.24) is 10.9 Å². The molecule has 1 amide bonds. The summed E-state index contributed by atoms with van der Waals surface area (Å²) in [5, 5.41) is 9.08. The molecule has 2 atom stereocenters. The maximum absolute atomic E-state index is 14.3. The van der Waals surface area contributed by atoms with E-state index in [9.17, 15) is 4.79 Å². The zero-order chi connectivity index (χ0) is 32.9. The third-order valence-electron chi connectivity index (χ3n) is 7.89. The van der Waals surface area contributed by atoms with Gasteiger partial charge in [-0.05, 0) is 46.5 Å². The molecule has 4 aromatic rings. The van der Waals surface area contributed by atoms with Crippen LogP contribution in [0, 0.1) is 0 Å². The van der Waals surface area contributed by atoms with E-state index in [1.807, 2.05) is 109 Å². The molecule has 1 aliphatic rings. The summed E-state index contributed by atoms with van der Waals surface area (Å²) in [6, 6.07) is 35.5. The molecule has 47 heavy (non-hydrogen) atoms. The van der Waals surface area contributed by atoms with Gasteiger partial charge < -0.3 is 24.1 Å². The summed E-state index contributed by atoms with van der Waals surface area (Å²) >= 11 is 0. The molecule has 9 nitrogen and oxygen atoms in total. The van der Waals surface area contributed by atoms with Gasteiger partial charge in [0.15, 0.2) is 17.9 Å². The number of nitrogens with one attached hydrogen (secondary N) is 2. The van der Waals surface area contributed by atoms with Gasteiger partial charge in [0.05, 0.1) is 13.2 Å². The van der Waals surface area contributed by atoms with Gasteiger partial charge in [-0.1, -0.05) is 97.1 Å². The fraction of sp³-hybridized carbons (Fsp3) is 0.263. The van der Waals surface area contributed by atoms with E-state index in [4.69, 9.17) is 29.0 Å². The van der Waals surface area contributed by atoms with Crippen LogP contribution in [-0.4, -0.2) is 62.7 Å². The molecule has 0 saturated carbocycles. The maximum Gasteiger partial charge on any atom is 0.266 e. The Balaban J connectivity index is 1.51. The number of amides is 1. The van der Waals surface area contributed by atoms with Crippen LogP contribution in [0.2, 0.25) is 0 Å². The van der Waals surface area contributed by atoms with Gasteiger partial charge in [0.2, 0.25) is 5.90 Å². The van der Waals surface area contributed by atoms with Crippen molar-refractivity contribution in [2.24, 2.45) is 4.99 Å². The molecule has 0 unspecified atom stereocenters. The molecular formula is C38H41N3O6. The first-order valence-electron chi connectivity index (χ1n) is 15.6. The normalized spacial score (nSPS) is 17.4. The second-order valence-electron chi connectivity index (χ2n) is 11.0. The lowest BCUT2D eigenvalue weighted by atomic mass is 9.84. The smallest absolute Gasteiger partial charge is 0.266 e. The number of aliphatic hydroxyl groups excluding tert-OH is 1. The number of aliphatic imine (C=N–C) groups is 1. The zero-order valence-electron chi connectivity index (χ0n) is 26.7. The summed E-state index contributed by atoms with van der Waals surface area (Å²) in [4.78, 5) is 19.4. The highest BCUT2D eigenvalue weighted by atomic mass is 16.7. The first kappa shape index (κ1) is 33.6. The third kappa shape index (κ3) is 8.52. The monoisotopic (exact) mass is 635 g/mol. The minimum Gasteiger partial charge on any atom is -0.494 e. The highest BCUT2D eigenvalue weighted by molar-refractivity contribution is 6.01. The summed E-state index contributed by atoms with van der Waals surface area (Å²) in [7, 11) is 3.07. The fourth-order valence-electron chi connectivity index (χ4n) is 5.32. The third-order valence-corrected chi connectivity index (χ3v) is 7.89. The highest BCUT2D eigenvalue weighted by Crippen LogP contribution is 2.43. The Bertz CT molecular complexity index is 1610. The van der Waals surface area contributed by atoms with E-state index >= 15 is 0 Å². The predicted molar refractivity (Wildman–Crippen MR) is 183 cm³/mol. The van der Waals surface area contributed by atoms with Gasteiger partial charge in [-0.2, -0.15) is 0 Å². The molecule has 0 aromatic heterocycles. The molecule has 0 bridgehead atoms. The van der Waals surface area contributed by atoms with Gasteiger partial charge in [0, 0.05) is 39.2 Å². The van der Waals surface area contributed by atoms with Crippen LogP contribution in [0.1, 0.15) is 35.6 Å². The van der Waals surface area contributed by atoms with Crippen LogP contribution >= 0.6 is 0 Å². The number of rotatable bonds is 16. The molecular weight excluding hydrogens is 594 g/mol. The van der Waals surface area contributed by atoms with Crippen molar-refractivity contribution in [1.29, 1.82) is 0 Å². The number of hydrogen-bond acceptors (Lipinski definition) is 8. The van der Waals surface area contributed by atoms with Crippen LogP contribution in [0.5, 0.6) is 5.75 Å². The topological polar surface area (TPSA) is 111 Å². The SMILES string of the molecule is COC(CNNC(=O)[C@@]1(C/C=C/c2ccccc2)N=C(c2ccc(OCCCO)cc2)O[C@H]1c1ccc(-c2ccccc2)cc1)OC. The average Bonchev–Trinajstić information content (AvgIpc) is 3.52. The van der Waals surface area contributed by atoms with Crippen molar-refractivity contribution in [3.63, 3.8) is 0 Å². The first-order chi connectivity index (χ1) is 23.1. The van der Waals surface area contributed by atoms with E-state index in [1.165, 1.54) is 14.2 Å². The van der Waals surface area contributed by atoms with Crippen molar-refractivity contribution in [3.05, 3.63) is 132 Å². The number of carbonyl (C=O) groups is 1. The van der Waals surface area contributed by atoms with Crippen molar-refractivity contribution in [2.75, 3.05) is 34.0 Å². The average molecular weight is 636 g/mol. The maximum atomic E-state index is 14.3. The van der Waals surface area contributed by atoms with Crippen LogP contribution in [0.25, 0.3) is 17.2 Å². The lowest BCUT2D eigenvalue weighted by Crippen LogP contribution is -2.54. The van der Waals surface area contributed by atoms with E-state index in [2.05, 4.69) is 23.0 Å². The fourth-order valence-corrected chi connectivity index (χ4v) is 5.32. The lowest BCUT2D eigenvalue weighted by molar-refractivity contribution is -0.131. The number of nitrogens with zero attached hydrogens (tertiary/aromatic N) is 1. The van der Waals surface area contributed by atoms with Crippen LogP contribution in [0.3, 0.4) is 0 Å². The predicted octanol–water partition coefficient (Wildman–Crippen LogP) is 5.71. The molecule has 4 aromatic carbocycles. The molecule has 3 N–H and O–H groups in total. The number of benzene rings is 4. The molecule has 244 valence electrons. The van der Waals surface area contributed by atoms with Gasteiger partial charge >= 0.3 is 0 Å². The lowest BCUT2D eigenvalue weighted by Gasteiger charge is -2.30. The second kappa shape index (κ2) is 16.7. The number of methoxy groups -OCH3 is 2. The summed E-state index contributed by atoms with van der Waals surface area (Å²) in [6.07, 6.45) is 3.44. The van der Waals surface area contributed by atoms with E-state index in [1.54, 1.807) is 0 Å². The number of aliphatic hydroxyl groups is 1. The number of hydrazine groups is 1. The second-order valence-corrected chi connectivity index (χ2v) is 11.0. The van der Waals surface area contributed by atoms with Gasteiger partial charge in [0.1, 0.15) is 5.75 Å². The van der Waals surface area contributed by atoms with Gasteiger partial charge in [-0.15, -0.1) is 0 Å². The van der Waals surface area contributed by atoms with Crippen LogP contribution < -0.4 is 15.6 Å². The summed E-state index contributed by atoms with van der Waals surface area (Å²) in [5.41, 5.74) is 9.10. The Morgan fingerprint density at radius 1 is 0.894 bits per heavy atom. The van der Waals surface area contributed by atoms with Crippen molar-refractivity contribution < 1.29 is 28.8 Å². The van der Waals surface area contributed by atoms with Crippen LogP contribution in [0.4, 0.5) is 0 Å². The number of ether oxygens (including phenoxy) is 4. The first-order valence-corrected chi connectivity index (χ1v) is 15.6. The van der Waals surface area contributed by atoms with Crippen LogP contribution in [-0.2, 0) is 19.0 Å². The summed E-state index contributed by atoms with van der Waals surface area (Å²) in [6.45, 7) is 0.692. The Labute approximate surface area is 275 Å². The number of carbonyl (C=O) groups excluding carboxylic acids is 1. The summed E-state index contributed by atoms with van der Waals surface area (Å²) in [5.74, 6) is 0.648. The zero-order valence-corrected chi connectivity index (χ0v) is 26.7. The Morgan fingerprint density at radius 2 is 1.53 bits per heavy atom. The molecule has 9 heteroatoms. The van der Waals surface area contributed by atoms with Gasteiger partial charge in [-0.3, -0.25) is 10.2 Å². The molecule has 0 radical (unpaired) electrons. The highest BCUT2D eigenvalue weighted by Gasteiger charge is 2.52. The van der Waals surface area contributed by atoms with Gasteiger partial charge in [0.25, 0.3) is 5.91 Å². The standard InChI is InChI=1S/C38H41N3O6/c1-44-34(45-2)27-39-41-37(43)38(24-9-13-28-11-5-3-6-12-28)35(31-18-16-30(17-19-31)29-14-7-4-8-15-29)47-36(40-38)32-20-22-33(23-21-32)46-26-10-25-42/h3-9,11-23,34-35,39,42H,10,24-27H2,1-2H3,(H,41,43)/b13-9+/t35-,38-/m0/s1. The molecule has 1 heterocycles. The minimum atomic E-state index is -1.37. The largest absolute Gasteiger partial charge is 0.494 e. The quantitative estimate of drug-likeness (QED) is 0.0822. The molecule has 5 rings (SSSR count). The van der Waals surface area contributed by atoms with Crippen molar-refractivity contribution in [3.8, 4) is 16.9 Å². The Kier molecular flexibility index (Phi) is 11.9. The molecule has 0 spiro atoms. The van der Waals surface area contributed by atoms with Gasteiger partial charge in [-0.25, -0.2) is 10.4 Å². The van der Waals surface area contributed by atoms with E-state index in [0.29, 0.717) is 30.2 Å². The Hall–Kier alpha value is -4.80. The molecule has 0 fully saturated rings. The minimum absolute atomic E-state index is 0.0613. The molecule has 0 aliphatic carbocycles.